The first-order valence-corrected chi connectivity index (χ1v) is 11.2. The smallest absolute Gasteiger partial charge is 0.319 e. The topological polar surface area (TPSA) is 144 Å². The van der Waals surface area contributed by atoms with Crippen LogP contribution >= 0.6 is 0 Å². The second kappa shape index (κ2) is 15.1. The van der Waals surface area contributed by atoms with Crippen molar-refractivity contribution >= 4 is 28.7 Å². The van der Waals surface area contributed by atoms with Gasteiger partial charge in [0.05, 0.1) is 43.7 Å². The first kappa shape index (κ1) is 26.4. The van der Waals surface area contributed by atoms with E-state index in [-0.39, 0.29) is 17.6 Å². The summed E-state index contributed by atoms with van der Waals surface area (Å²) in [5.74, 6) is -0.258. The summed E-state index contributed by atoms with van der Waals surface area (Å²) in [6, 6.07) is 4.78. The van der Waals surface area contributed by atoms with Gasteiger partial charge in [0.15, 0.2) is 0 Å². The molecule has 0 fully saturated rings. The van der Waals surface area contributed by atoms with Gasteiger partial charge in [0.25, 0.3) is 5.91 Å². The lowest BCUT2D eigenvalue weighted by Crippen LogP contribution is -2.35. The molecular weight excluding hydrogens is 426 g/mol. The molecule has 0 aliphatic rings. The van der Waals surface area contributed by atoms with Crippen LogP contribution in [0.4, 0.5) is 10.5 Å². The van der Waals surface area contributed by atoms with Crippen LogP contribution in [0.15, 0.2) is 24.4 Å². The quantitative estimate of drug-likeness (QED) is 0.285. The molecule has 0 saturated carbocycles. The molecule has 0 spiro atoms. The highest BCUT2D eigenvalue weighted by Gasteiger charge is 2.10. The van der Waals surface area contributed by atoms with Gasteiger partial charge in [-0.1, -0.05) is 13.8 Å². The molecule has 1 aromatic carbocycles. The molecule has 1 aromatic heterocycles. The second-order valence-electron chi connectivity index (χ2n) is 7.14. The predicted molar refractivity (Wildman–Crippen MR) is 127 cm³/mol. The molecule has 0 aliphatic carbocycles. The number of amides is 3. The Kier molecular flexibility index (Phi) is 12.0. The van der Waals surface area contributed by atoms with Crippen molar-refractivity contribution in [3.05, 3.63) is 30.1 Å². The third kappa shape index (κ3) is 9.66. The van der Waals surface area contributed by atoms with Crippen molar-refractivity contribution in [2.24, 2.45) is 5.73 Å². The Morgan fingerprint density at radius 3 is 2.48 bits per heavy atom. The normalized spacial score (nSPS) is 11.0. The molecule has 1 heterocycles. The van der Waals surface area contributed by atoms with E-state index in [1.807, 2.05) is 0 Å². The first-order valence-electron chi connectivity index (χ1n) is 11.2. The van der Waals surface area contributed by atoms with E-state index in [1.165, 1.54) is 6.20 Å². The maximum atomic E-state index is 12.4. The fraction of sp³-hybridized carbons (Fsp3) is 0.545. The van der Waals surface area contributed by atoms with Crippen LogP contribution in [0.5, 0.6) is 0 Å². The molecule has 11 heteroatoms. The average Bonchev–Trinajstić information content (AvgIpc) is 2.83. The highest BCUT2D eigenvalue weighted by molar-refractivity contribution is 5.95. The summed E-state index contributed by atoms with van der Waals surface area (Å²) in [6.07, 6.45) is 1.44. The van der Waals surface area contributed by atoms with Crippen LogP contribution in [0.3, 0.4) is 0 Å². The van der Waals surface area contributed by atoms with Crippen LogP contribution < -0.4 is 21.7 Å². The molecule has 2 rings (SSSR count). The molecule has 0 saturated heterocycles. The molecule has 0 atom stereocenters. The van der Waals surface area contributed by atoms with Gasteiger partial charge in [-0.3, -0.25) is 9.78 Å². The van der Waals surface area contributed by atoms with Gasteiger partial charge in [-0.2, -0.15) is 0 Å². The van der Waals surface area contributed by atoms with Crippen molar-refractivity contribution in [3.63, 3.8) is 0 Å². The molecule has 5 N–H and O–H groups in total. The monoisotopic (exact) mass is 461 g/mol. The Morgan fingerprint density at radius 2 is 1.76 bits per heavy atom. The number of likely N-dealkylation sites (N-methyl/N-ethyl adjacent to an activating group) is 1. The number of anilines is 1. The van der Waals surface area contributed by atoms with Crippen LogP contribution in [0.2, 0.25) is 0 Å². The van der Waals surface area contributed by atoms with E-state index in [1.54, 1.807) is 18.2 Å². The number of nitrogens with two attached hydrogens (primary N) is 1. The van der Waals surface area contributed by atoms with Crippen molar-refractivity contribution in [3.8, 4) is 0 Å². The van der Waals surface area contributed by atoms with Crippen molar-refractivity contribution < 1.29 is 19.1 Å². The van der Waals surface area contributed by atoms with E-state index in [2.05, 4.69) is 44.7 Å². The highest BCUT2D eigenvalue weighted by Crippen LogP contribution is 2.16. The van der Waals surface area contributed by atoms with Crippen molar-refractivity contribution in [2.75, 3.05) is 71.0 Å². The number of carbonyl (C=O) groups is 2. The minimum absolute atomic E-state index is 0.258. The summed E-state index contributed by atoms with van der Waals surface area (Å²) >= 11 is 0. The Balaban J connectivity index is 1.78. The SMILES string of the molecule is CCN(CC)CCNC(=O)c1cnc2cc(NC(=O)NCCOCCOCCN)ccc2n1. The minimum atomic E-state index is -0.352. The van der Waals surface area contributed by atoms with Crippen LogP contribution in [0, 0.1) is 0 Å². The van der Waals surface area contributed by atoms with Gasteiger partial charge in [0, 0.05) is 31.9 Å². The number of ether oxygens (including phenoxy) is 2. The van der Waals surface area contributed by atoms with Gasteiger partial charge in [0.2, 0.25) is 0 Å². The maximum absolute atomic E-state index is 12.4. The van der Waals surface area contributed by atoms with Gasteiger partial charge >= 0.3 is 6.03 Å². The van der Waals surface area contributed by atoms with Crippen LogP contribution in [-0.4, -0.2) is 92.5 Å². The molecule has 0 bridgehead atoms. The molecule has 11 nitrogen and oxygen atoms in total. The summed E-state index contributed by atoms with van der Waals surface area (Å²) in [4.78, 5) is 35.3. The summed E-state index contributed by atoms with van der Waals surface area (Å²) in [6.45, 7) is 10.0. The van der Waals surface area contributed by atoms with Crippen LogP contribution in [-0.2, 0) is 9.47 Å². The van der Waals surface area contributed by atoms with E-state index in [9.17, 15) is 9.59 Å². The fourth-order valence-corrected chi connectivity index (χ4v) is 2.97. The van der Waals surface area contributed by atoms with E-state index in [0.717, 1.165) is 19.6 Å². The molecule has 0 aliphatic heterocycles. The van der Waals surface area contributed by atoms with E-state index >= 15 is 0 Å². The molecule has 182 valence electrons. The fourth-order valence-electron chi connectivity index (χ4n) is 2.97. The number of nitrogens with one attached hydrogen (secondary N) is 3. The second-order valence-corrected chi connectivity index (χ2v) is 7.14. The zero-order valence-electron chi connectivity index (χ0n) is 19.4. The van der Waals surface area contributed by atoms with Gasteiger partial charge in [-0.25, -0.2) is 9.78 Å². The summed E-state index contributed by atoms with van der Waals surface area (Å²) in [7, 11) is 0. The molecule has 0 unspecified atom stereocenters. The minimum Gasteiger partial charge on any atom is -0.378 e. The lowest BCUT2D eigenvalue weighted by atomic mass is 10.2. The zero-order chi connectivity index (χ0) is 23.9. The number of urea groups is 1. The lowest BCUT2D eigenvalue weighted by Gasteiger charge is -2.17. The summed E-state index contributed by atoms with van der Waals surface area (Å²) < 4.78 is 10.5. The number of hydrogen-bond acceptors (Lipinski definition) is 8. The summed E-state index contributed by atoms with van der Waals surface area (Å²) in [5.41, 5.74) is 7.30. The van der Waals surface area contributed by atoms with Crippen molar-refractivity contribution in [1.82, 2.24) is 25.5 Å². The first-order chi connectivity index (χ1) is 16.1. The largest absolute Gasteiger partial charge is 0.378 e. The number of carbonyl (C=O) groups excluding carboxylic acids is 2. The third-order valence-corrected chi connectivity index (χ3v) is 4.81. The predicted octanol–water partition coefficient (Wildman–Crippen LogP) is 0.815. The number of aromatic nitrogens is 2. The third-order valence-electron chi connectivity index (χ3n) is 4.81. The zero-order valence-corrected chi connectivity index (χ0v) is 19.4. The van der Waals surface area contributed by atoms with Crippen molar-refractivity contribution in [1.29, 1.82) is 0 Å². The molecule has 33 heavy (non-hydrogen) atoms. The van der Waals surface area contributed by atoms with Crippen LogP contribution in [0.25, 0.3) is 11.0 Å². The van der Waals surface area contributed by atoms with Gasteiger partial charge in [0.1, 0.15) is 5.69 Å². The highest BCUT2D eigenvalue weighted by atomic mass is 16.5. The number of fused-ring (bicyclic) bond motifs is 1. The van der Waals surface area contributed by atoms with Gasteiger partial charge in [-0.15, -0.1) is 0 Å². The van der Waals surface area contributed by atoms with Gasteiger partial charge < -0.3 is 36.1 Å². The molecular formula is C22H35N7O4. The average molecular weight is 462 g/mol. The Morgan fingerprint density at radius 1 is 1.00 bits per heavy atom. The van der Waals surface area contributed by atoms with Gasteiger partial charge in [-0.05, 0) is 31.3 Å². The maximum Gasteiger partial charge on any atom is 0.319 e. The van der Waals surface area contributed by atoms with Crippen molar-refractivity contribution in [2.45, 2.75) is 13.8 Å². The van der Waals surface area contributed by atoms with E-state index in [4.69, 9.17) is 15.2 Å². The standard InChI is InChI=1S/C22H35N7O4/c1-3-29(4-2)10-8-24-21(30)20-16-26-19-15-17(5-6-18(19)28-20)27-22(31)25-9-12-33-14-13-32-11-7-23/h5-6,15-16H,3-4,7-14,23H2,1-2H3,(H,24,30)(H2,25,27,31). The Labute approximate surface area is 194 Å². The lowest BCUT2D eigenvalue weighted by molar-refractivity contribution is 0.0525. The Bertz CT molecular complexity index is 877. The number of hydrogen-bond donors (Lipinski definition) is 4. The molecule has 0 radical (unpaired) electrons. The molecule has 3 amide bonds. The number of nitrogens with zero attached hydrogens (tertiary/aromatic N) is 3. The number of rotatable bonds is 15. The van der Waals surface area contributed by atoms with E-state index < -0.39 is 0 Å². The van der Waals surface area contributed by atoms with E-state index in [0.29, 0.717) is 62.8 Å². The Hall–Kier alpha value is -2.86. The number of benzene rings is 1. The molecule has 2 aromatic rings. The summed E-state index contributed by atoms with van der Waals surface area (Å²) in [5, 5.41) is 8.33. The van der Waals surface area contributed by atoms with Crippen LogP contribution in [0.1, 0.15) is 24.3 Å².